The zero-order valence-corrected chi connectivity index (χ0v) is 21.2. The topological polar surface area (TPSA) is 69.9 Å². The predicted molar refractivity (Wildman–Crippen MR) is 140 cm³/mol. The maximum atomic E-state index is 5.99. The standard InChI is InChI=1S/C27H30N4O3S/c1-4-33-21-9-11-23(12-10-21)34-22-7-5-20(6-8-22)28-26-25-18(2)19(3)35-27(25)30-24(29-26)17-31-13-15-32-16-14-31/h5-12H,4,13-17H2,1-3H3,(H,28,29,30)/p+1. The van der Waals surface area contributed by atoms with Crippen LogP contribution in [-0.4, -0.2) is 42.9 Å². The Kier molecular flexibility index (Phi) is 7.13. The fourth-order valence-electron chi connectivity index (χ4n) is 4.17. The number of anilines is 2. The van der Waals surface area contributed by atoms with Crippen molar-refractivity contribution in [3.8, 4) is 17.2 Å². The number of hydrogen-bond acceptors (Lipinski definition) is 7. The molecule has 0 spiro atoms. The first-order valence-electron chi connectivity index (χ1n) is 12.0. The number of aromatic nitrogens is 2. The zero-order valence-electron chi connectivity index (χ0n) is 20.4. The second-order valence-corrected chi connectivity index (χ2v) is 9.85. The number of aryl methyl sites for hydroxylation is 2. The number of morpholine rings is 1. The van der Waals surface area contributed by atoms with Crippen molar-refractivity contribution in [2.24, 2.45) is 0 Å². The first-order valence-corrected chi connectivity index (χ1v) is 12.9. The normalized spacial score (nSPS) is 14.3. The van der Waals surface area contributed by atoms with Gasteiger partial charge in [0.15, 0.2) is 5.82 Å². The summed E-state index contributed by atoms with van der Waals surface area (Å²) in [6, 6.07) is 15.6. The van der Waals surface area contributed by atoms with E-state index in [1.807, 2.05) is 55.5 Å². The Morgan fingerprint density at radius 2 is 1.60 bits per heavy atom. The summed E-state index contributed by atoms with van der Waals surface area (Å²) in [7, 11) is 0. The van der Waals surface area contributed by atoms with Crippen LogP contribution in [0.3, 0.4) is 0 Å². The highest BCUT2D eigenvalue weighted by atomic mass is 32.1. The van der Waals surface area contributed by atoms with Crippen LogP contribution in [0.2, 0.25) is 0 Å². The van der Waals surface area contributed by atoms with Gasteiger partial charge in [-0.1, -0.05) is 0 Å². The second-order valence-electron chi connectivity index (χ2n) is 8.65. The van der Waals surface area contributed by atoms with Crippen molar-refractivity contribution in [3.63, 3.8) is 0 Å². The van der Waals surface area contributed by atoms with Gasteiger partial charge in [-0.15, -0.1) is 11.3 Å². The molecule has 182 valence electrons. The fourth-order valence-corrected chi connectivity index (χ4v) is 5.22. The summed E-state index contributed by atoms with van der Waals surface area (Å²) in [5.74, 6) is 4.11. The highest BCUT2D eigenvalue weighted by Gasteiger charge is 2.20. The fraction of sp³-hybridized carbons (Fsp3) is 0.333. The molecule has 0 atom stereocenters. The molecule has 0 radical (unpaired) electrons. The first kappa shape index (κ1) is 23.5. The van der Waals surface area contributed by atoms with Crippen LogP contribution in [-0.2, 0) is 11.3 Å². The number of fused-ring (bicyclic) bond motifs is 1. The summed E-state index contributed by atoms with van der Waals surface area (Å²) >= 11 is 1.73. The predicted octanol–water partition coefficient (Wildman–Crippen LogP) is 4.66. The minimum absolute atomic E-state index is 0.646. The van der Waals surface area contributed by atoms with Gasteiger partial charge in [-0.3, -0.25) is 0 Å². The molecule has 1 aliphatic heterocycles. The van der Waals surface area contributed by atoms with Crippen molar-refractivity contribution >= 4 is 33.1 Å². The molecule has 0 unspecified atom stereocenters. The lowest BCUT2D eigenvalue weighted by Gasteiger charge is -2.23. The summed E-state index contributed by atoms with van der Waals surface area (Å²) in [6.45, 7) is 11.3. The van der Waals surface area contributed by atoms with E-state index in [0.29, 0.717) is 6.61 Å². The number of hydrogen-bond donors (Lipinski definition) is 2. The van der Waals surface area contributed by atoms with E-state index in [-0.39, 0.29) is 0 Å². The molecule has 1 saturated heterocycles. The molecule has 5 rings (SSSR count). The average molecular weight is 492 g/mol. The molecular formula is C27H31N4O3S+. The van der Waals surface area contributed by atoms with Crippen molar-refractivity contribution in [3.05, 3.63) is 64.8 Å². The van der Waals surface area contributed by atoms with E-state index in [2.05, 4.69) is 19.2 Å². The summed E-state index contributed by atoms with van der Waals surface area (Å²) in [5, 5.41) is 4.64. The van der Waals surface area contributed by atoms with E-state index >= 15 is 0 Å². The molecule has 1 aliphatic rings. The van der Waals surface area contributed by atoms with E-state index in [9.17, 15) is 0 Å². The molecule has 1 fully saturated rings. The summed E-state index contributed by atoms with van der Waals surface area (Å²) in [4.78, 5) is 13.6. The summed E-state index contributed by atoms with van der Waals surface area (Å²) < 4.78 is 17.0. The van der Waals surface area contributed by atoms with Gasteiger partial charge in [0.05, 0.1) is 25.2 Å². The molecule has 0 saturated carbocycles. The highest BCUT2D eigenvalue weighted by Crippen LogP contribution is 2.35. The van der Waals surface area contributed by atoms with E-state index < -0.39 is 0 Å². The Bertz CT molecular complexity index is 1280. The van der Waals surface area contributed by atoms with Crippen molar-refractivity contribution in [1.29, 1.82) is 0 Å². The SMILES string of the molecule is CCOc1ccc(Oc2ccc(Nc3nc(C[NH+]4CCOCC4)nc4sc(C)c(C)c34)cc2)cc1. The Morgan fingerprint density at radius 3 is 2.29 bits per heavy atom. The zero-order chi connectivity index (χ0) is 24.2. The van der Waals surface area contributed by atoms with Crippen LogP contribution in [0.1, 0.15) is 23.2 Å². The van der Waals surface area contributed by atoms with Crippen LogP contribution >= 0.6 is 11.3 Å². The molecule has 7 nitrogen and oxygen atoms in total. The van der Waals surface area contributed by atoms with Gasteiger partial charge < -0.3 is 24.4 Å². The van der Waals surface area contributed by atoms with Crippen LogP contribution in [0.4, 0.5) is 11.5 Å². The quantitative estimate of drug-likeness (QED) is 0.374. The van der Waals surface area contributed by atoms with E-state index in [1.165, 1.54) is 15.3 Å². The van der Waals surface area contributed by atoms with Crippen molar-refractivity contribution in [1.82, 2.24) is 9.97 Å². The highest BCUT2D eigenvalue weighted by molar-refractivity contribution is 7.18. The molecule has 35 heavy (non-hydrogen) atoms. The van der Waals surface area contributed by atoms with Crippen molar-refractivity contribution < 1.29 is 19.1 Å². The third-order valence-corrected chi connectivity index (χ3v) is 7.27. The van der Waals surface area contributed by atoms with E-state index in [0.717, 1.165) is 77.6 Å². The molecule has 0 aliphatic carbocycles. The van der Waals surface area contributed by atoms with Gasteiger partial charge in [0, 0.05) is 10.6 Å². The van der Waals surface area contributed by atoms with Crippen molar-refractivity contribution in [2.75, 3.05) is 38.2 Å². The molecule has 8 heteroatoms. The van der Waals surface area contributed by atoms with Crippen LogP contribution < -0.4 is 19.7 Å². The average Bonchev–Trinajstić information content (AvgIpc) is 3.15. The smallest absolute Gasteiger partial charge is 0.187 e. The molecule has 3 heterocycles. The number of ether oxygens (including phenoxy) is 3. The summed E-state index contributed by atoms with van der Waals surface area (Å²) in [6.07, 6.45) is 0. The van der Waals surface area contributed by atoms with Gasteiger partial charge in [0.2, 0.25) is 0 Å². The van der Waals surface area contributed by atoms with Gasteiger partial charge >= 0.3 is 0 Å². The van der Waals surface area contributed by atoms with Gasteiger partial charge in [-0.25, -0.2) is 9.97 Å². The first-order chi connectivity index (χ1) is 17.1. The molecule has 2 N–H and O–H groups in total. The van der Waals surface area contributed by atoms with E-state index in [4.69, 9.17) is 24.2 Å². The lowest BCUT2D eigenvalue weighted by molar-refractivity contribution is -0.922. The lowest BCUT2D eigenvalue weighted by Crippen LogP contribution is -3.12. The van der Waals surface area contributed by atoms with Gasteiger partial charge in [-0.2, -0.15) is 0 Å². The number of nitrogens with one attached hydrogen (secondary N) is 2. The number of thiophene rings is 1. The number of rotatable bonds is 8. The van der Waals surface area contributed by atoms with Gasteiger partial charge in [0.1, 0.15) is 47.5 Å². The van der Waals surface area contributed by atoms with Crippen LogP contribution in [0.15, 0.2) is 48.5 Å². The molecule has 2 aromatic heterocycles. The minimum Gasteiger partial charge on any atom is -0.494 e. The van der Waals surface area contributed by atoms with Crippen molar-refractivity contribution in [2.45, 2.75) is 27.3 Å². The number of benzene rings is 2. The largest absolute Gasteiger partial charge is 0.494 e. The Balaban J connectivity index is 1.35. The van der Waals surface area contributed by atoms with Gasteiger partial charge in [-0.05, 0) is 74.9 Å². The molecule has 4 aromatic rings. The molecule has 2 aromatic carbocycles. The van der Waals surface area contributed by atoms with Gasteiger partial charge in [0.25, 0.3) is 0 Å². The molecule has 0 bridgehead atoms. The van der Waals surface area contributed by atoms with E-state index in [1.54, 1.807) is 11.3 Å². The van der Waals surface area contributed by atoms with Crippen LogP contribution in [0, 0.1) is 13.8 Å². The van der Waals surface area contributed by atoms with Crippen LogP contribution in [0.5, 0.6) is 17.2 Å². The summed E-state index contributed by atoms with van der Waals surface area (Å²) in [5.41, 5.74) is 2.19. The second kappa shape index (κ2) is 10.6. The minimum atomic E-state index is 0.646. The number of quaternary nitrogens is 1. The van der Waals surface area contributed by atoms with Crippen LogP contribution in [0.25, 0.3) is 10.2 Å². The number of nitrogens with zero attached hydrogens (tertiary/aromatic N) is 2. The third kappa shape index (κ3) is 5.56. The Hall–Kier alpha value is -3.20. The molecular weight excluding hydrogens is 460 g/mol. The monoisotopic (exact) mass is 491 g/mol. The molecule has 0 amide bonds. The Labute approximate surface area is 209 Å². The maximum absolute atomic E-state index is 5.99. The Morgan fingerprint density at radius 1 is 0.943 bits per heavy atom. The lowest BCUT2D eigenvalue weighted by atomic mass is 10.2. The third-order valence-electron chi connectivity index (χ3n) is 6.17. The maximum Gasteiger partial charge on any atom is 0.187 e.